The van der Waals surface area contributed by atoms with Gasteiger partial charge in [0.05, 0.1) is 0 Å². The average molecular weight is 239 g/mol. The number of rotatable bonds is 1. The van der Waals surface area contributed by atoms with Crippen LogP contribution < -0.4 is 4.74 Å². The summed E-state index contributed by atoms with van der Waals surface area (Å²) in [6.07, 6.45) is 9.80. The van der Waals surface area contributed by atoms with Gasteiger partial charge in [-0.05, 0) is 31.6 Å². The quantitative estimate of drug-likeness (QED) is 0.742. The molecular weight excluding hydrogens is 222 g/mol. The highest BCUT2D eigenvalue weighted by Gasteiger charge is 2.17. The molecule has 0 saturated heterocycles. The van der Waals surface area contributed by atoms with E-state index in [1.165, 1.54) is 16.8 Å². The summed E-state index contributed by atoms with van der Waals surface area (Å²) in [4.78, 5) is 2.26. The Balaban J connectivity index is 1.84. The van der Waals surface area contributed by atoms with Crippen LogP contribution in [0.15, 0.2) is 59.8 Å². The van der Waals surface area contributed by atoms with Gasteiger partial charge in [-0.1, -0.05) is 35.9 Å². The second-order valence-corrected chi connectivity index (χ2v) is 4.79. The van der Waals surface area contributed by atoms with Crippen LogP contribution in [0.3, 0.4) is 0 Å². The van der Waals surface area contributed by atoms with Crippen molar-refractivity contribution in [3.05, 3.63) is 65.4 Å². The minimum absolute atomic E-state index is 0.625. The molecule has 0 fully saturated rings. The van der Waals surface area contributed by atoms with Crippen molar-refractivity contribution in [3.63, 3.8) is 0 Å². The molecular formula is C16H17NO. The Morgan fingerprint density at radius 3 is 3.00 bits per heavy atom. The smallest absolute Gasteiger partial charge is 0.161 e. The summed E-state index contributed by atoms with van der Waals surface area (Å²) in [5.74, 6) is 1.01. The molecule has 1 aliphatic carbocycles. The molecule has 0 unspecified atom stereocenters. The summed E-state index contributed by atoms with van der Waals surface area (Å²) in [7, 11) is 0. The number of hydrogen-bond donors (Lipinski definition) is 0. The largest absolute Gasteiger partial charge is 0.473 e. The van der Waals surface area contributed by atoms with Crippen molar-refractivity contribution in [2.24, 2.45) is 0 Å². The average Bonchev–Trinajstić information content (AvgIpc) is 2.63. The summed E-state index contributed by atoms with van der Waals surface area (Å²) in [6, 6.07) is 8.25. The van der Waals surface area contributed by atoms with E-state index in [9.17, 15) is 0 Å². The fraction of sp³-hybridized carbons (Fsp3) is 0.250. The summed E-state index contributed by atoms with van der Waals surface area (Å²) >= 11 is 0. The fourth-order valence-electron chi connectivity index (χ4n) is 2.27. The molecule has 18 heavy (non-hydrogen) atoms. The number of benzene rings is 1. The minimum atomic E-state index is 0.625. The highest BCUT2D eigenvalue weighted by atomic mass is 16.5. The third kappa shape index (κ3) is 2.19. The van der Waals surface area contributed by atoms with Crippen molar-refractivity contribution in [1.29, 1.82) is 0 Å². The summed E-state index contributed by atoms with van der Waals surface area (Å²) in [5, 5.41) is 0. The van der Waals surface area contributed by atoms with E-state index < -0.39 is 0 Å². The number of ether oxygens (including phenoxy) is 1. The number of para-hydroxylation sites is 1. The van der Waals surface area contributed by atoms with Crippen LogP contribution in [0.5, 0.6) is 5.75 Å². The van der Waals surface area contributed by atoms with Gasteiger partial charge in [0.25, 0.3) is 0 Å². The molecule has 0 spiro atoms. The highest BCUT2D eigenvalue weighted by Crippen LogP contribution is 2.27. The maximum Gasteiger partial charge on any atom is 0.161 e. The summed E-state index contributed by atoms with van der Waals surface area (Å²) in [6.45, 7) is 3.70. The van der Waals surface area contributed by atoms with E-state index in [0.29, 0.717) is 6.73 Å². The topological polar surface area (TPSA) is 12.5 Å². The Labute approximate surface area is 108 Å². The number of hydrogen-bond acceptors (Lipinski definition) is 2. The molecule has 1 aromatic carbocycles. The molecule has 1 aliphatic heterocycles. The van der Waals surface area contributed by atoms with Crippen molar-refractivity contribution >= 4 is 0 Å². The van der Waals surface area contributed by atoms with Crippen molar-refractivity contribution in [2.45, 2.75) is 19.9 Å². The van der Waals surface area contributed by atoms with Gasteiger partial charge in [0, 0.05) is 17.8 Å². The van der Waals surface area contributed by atoms with Crippen molar-refractivity contribution in [3.8, 4) is 5.75 Å². The first kappa shape index (κ1) is 11.1. The van der Waals surface area contributed by atoms with Crippen LogP contribution in [0.1, 0.15) is 18.9 Å². The first-order valence-corrected chi connectivity index (χ1v) is 6.32. The molecule has 0 atom stereocenters. The number of fused-ring (bicyclic) bond motifs is 1. The van der Waals surface area contributed by atoms with E-state index in [1.54, 1.807) is 0 Å². The lowest BCUT2D eigenvalue weighted by Crippen LogP contribution is -2.30. The Bertz CT molecular complexity index is 540. The molecule has 92 valence electrons. The van der Waals surface area contributed by atoms with Crippen molar-refractivity contribution in [2.75, 3.05) is 6.73 Å². The van der Waals surface area contributed by atoms with Crippen LogP contribution in [0, 0.1) is 0 Å². The monoisotopic (exact) mass is 239 g/mol. The van der Waals surface area contributed by atoms with Crippen LogP contribution in [0.2, 0.25) is 0 Å². The Morgan fingerprint density at radius 1 is 1.17 bits per heavy atom. The molecule has 2 heteroatoms. The zero-order valence-corrected chi connectivity index (χ0v) is 10.6. The van der Waals surface area contributed by atoms with Gasteiger partial charge in [-0.2, -0.15) is 0 Å². The standard InChI is InChI=1S/C16H17NO/c1-13-5-4-7-15(10-9-13)17-11-14-6-2-3-8-16(14)18-12-17/h2-4,6-10H,5,11-12H2,1H3. The summed E-state index contributed by atoms with van der Waals surface area (Å²) in [5.41, 5.74) is 3.86. The van der Waals surface area contributed by atoms with E-state index in [0.717, 1.165) is 18.7 Å². The molecule has 0 saturated carbocycles. The molecule has 0 bridgehead atoms. The Kier molecular flexibility index (Phi) is 2.93. The van der Waals surface area contributed by atoms with Crippen LogP contribution in [-0.2, 0) is 6.54 Å². The molecule has 2 aliphatic rings. The Hall–Kier alpha value is -1.96. The number of nitrogens with zero attached hydrogens (tertiary/aromatic N) is 1. The predicted molar refractivity (Wildman–Crippen MR) is 73.1 cm³/mol. The third-order valence-electron chi connectivity index (χ3n) is 3.34. The molecule has 0 amide bonds. The van der Waals surface area contributed by atoms with Gasteiger partial charge in [-0.25, -0.2) is 0 Å². The van der Waals surface area contributed by atoms with Crippen molar-refractivity contribution in [1.82, 2.24) is 4.90 Å². The first-order valence-electron chi connectivity index (χ1n) is 6.32. The van der Waals surface area contributed by atoms with Crippen molar-refractivity contribution < 1.29 is 4.74 Å². The normalized spacial score (nSPS) is 18.4. The van der Waals surface area contributed by atoms with E-state index in [1.807, 2.05) is 12.1 Å². The fourth-order valence-corrected chi connectivity index (χ4v) is 2.27. The highest BCUT2D eigenvalue weighted by molar-refractivity contribution is 5.37. The van der Waals surface area contributed by atoms with E-state index in [2.05, 4.69) is 48.3 Å². The molecule has 1 heterocycles. The molecule has 0 aromatic heterocycles. The minimum Gasteiger partial charge on any atom is -0.473 e. The maximum absolute atomic E-state index is 5.79. The lowest BCUT2D eigenvalue weighted by molar-refractivity contribution is 0.132. The van der Waals surface area contributed by atoms with Crippen LogP contribution in [-0.4, -0.2) is 11.6 Å². The second-order valence-electron chi connectivity index (χ2n) is 4.79. The Morgan fingerprint density at radius 2 is 2.06 bits per heavy atom. The first-order chi connectivity index (χ1) is 8.83. The lowest BCUT2D eigenvalue weighted by atomic mass is 10.1. The SMILES string of the molecule is CC1=CC=C(N2COc3ccccc3C2)C=CC1. The molecule has 1 aromatic rings. The molecule has 3 rings (SSSR count). The van der Waals surface area contributed by atoms with Gasteiger partial charge in [0.15, 0.2) is 6.73 Å². The molecule has 2 nitrogen and oxygen atoms in total. The van der Waals surface area contributed by atoms with Gasteiger partial charge >= 0.3 is 0 Å². The zero-order chi connectivity index (χ0) is 12.4. The van der Waals surface area contributed by atoms with Crippen LogP contribution >= 0.6 is 0 Å². The van der Waals surface area contributed by atoms with Gasteiger partial charge < -0.3 is 9.64 Å². The molecule has 0 radical (unpaired) electrons. The lowest BCUT2D eigenvalue weighted by Gasteiger charge is -2.31. The second kappa shape index (κ2) is 4.73. The number of allylic oxidation sites excluding steroid dienone is 5. The van der Waals surface area contributed by atoms with Gasteiger partial charge in [0.1, 0.15) is 5.75 Å². The van der Waals surface area contributed by atoms with E-state index >= 15 is 0 Å². The van der Waals surface area contributed by atoms with Gasteiger partial charge in [-0.15, -0.1) is 0 Å². The van der Waals surface area contributed by atoms with Gasteiger partial charge in [0.2, 0.25) is 0 Å². The third-order valence-corrected chi connectivity index (χ3v) is 3.34. The molecule has 0 N–H and O–H groups in total. The predicted octanol–water partition coefficient (Wildman–Crippen LogP) is 3.63. The van der Waals surface area contributed by atoms with E-state index in [4.69, 9.17) is 4.74 Å². The van der Waals surface area contributed by atoms with Crippen LogP contribution in [0.4, 0.5) is 0 Å². The maximum atomic E-state index is 5.79. The van der Waals surface area contributed by atoms with Crippen LogP contribution in [0.25, 0.3) is 0 Å². The summed E-state index contributed by atoms with van der Waals surface area (Å²) < 4.78 is 5.79. The zero-order valence-electron chi connectivity index (χ0n) is 10.6. The van der Waals surface area contributed by atoms with E-state index in [-0.39, 0.29) is 0 Å². The van der Waals surface area contributed by atoms with Gasteiger partial charge in [-0.3, -0.25) is 0 Å².